The van der Waals surface area contributed by atoms with Gasteiger partial charge in [0.25, 0.3) is 0 Å². The van der Waals surface area contributed by atoms with Crippen molar-refractivity contribution in [3.8, 4) is 0 Å². The van der Waals surface area contributed by atoms with Gasteiger partial charge in [-0.1, -0.05) is 20.8 Å². The normalized spacial score (nSPS) is 14.8. The van der Waals surface area contributed by atoms with E-state index in [1.807, 2.05) is 7.05 Å². The van der Waals surface area contributed by atoms with Crippen LogP contribution < -0.4 is 11.1 Å². The molecule has 1 unspecified atom stereocenters. The molecule has 0 aliphatic rings. The Morgan fingerprint density at radius 1 is 1.42 bits per heavy atom. The maximum atomic E-state index is 5.54. The Hall–Kier alpha value is -0.0800. The minimum absolute atomic E-state index is 0.419. The molecule has 0 aromatic rings. The molecule has 0 radical (unpaired) electrons. The average molecular weight is 172 g/mol. The quantitative estimate of drug-likeness (QED) is 0.639. The Kier molecular flexibility index (Phi) is 5.51. The van der Waals surface area contributed by atoms with Gasteiger partial charge in [0.2, 0.25) is 0 Å². The molecule has 0 aromatic heterocycles. The summed E-state index contributed by atoms with van der Waals surface area (Å²) in [6, 6.07) is 0. The van der Waals surface area contributed by atoms with Crippen molar-refractivity contribution in [2.75, 3.05) is 20.1 Å². The molecule has 0 aromatic carbocycles. The molecule has 0 bridgehead atoms. The summed E-state index contributed by atoms with van der Waals surface area (Å²) in [5, 5.41) is 3.19. The maximum absolute atomic E-state index is 5.54. The van der Waals surface area contributed by atoms with Gasteiger partial charge < -0.3 is 11.1 Å². The fraction of sp³-hybridized carbons (Fsp3) is 1.00. The van der Waals surface area contributed by atoms with Crippen LogP contribution in [0.5, 0.6) is 0 Å². The molecule has 0 heterocycles. The molecule has 0 saturated heterocycles. The van der Waals surface area contributed by atoms with Gasteiger partial charge in [-0.15, -0.1) is 0 Å². The van der Waals surface area contributed by atoms with Crippen LogP contribution in [0.25, 0.3) is 0 Å². The number of nitrogens with one attached hydrogen (secondary N) is 1. The van der Waals surface area contributed by atoms with Gasteiger partial charge in [0.1, 0.15) is 0 Å². The molecule has 74 valence electrons. The summed E-state index contributed by atoms with van der Waals surface area (Å²) in [5.41, 5.74) is 5.96. The maximum Gasteiger partial charge on any atom is -0.00467 e. The smallest absolute Gasteiger partial charge is 0.00467 e. The Balaban J connectivity index is 3.81. The van der Waals surface area contributed by atoms with Gasteiger partial charge in [-0.2, -0.15) is 0 Å². The fourth-order valence-corrected chi connectivity index (χ4v) is 1.33. The van der Waals surface area contributed by atoms with Gasteiger partial charge in [0, 0.05) is 0 Å². The van der Waals surface area contributed by atoms with Gasteiger partial charge in [-0.05, 0) is 44.3 Å². The summed E-state index contributed by atoms with van der Waals surface area (Å²) in [5.74, 6) is 0.718. The van der Waals surface area contributed by atoms with Gasteiger partial charge in [0.15, 0.2) is 0 Å². The van der Waals surface area contributed by atoms with Crippen LogP contribution in [-0.2, 0) is 0 Å². The van der Waals surface area contributed by atoms with Gasteiger partial charge in [0.05, 0.1) is 0 Å². The first-order valence-corrected chi connectivity index (χ1v) is 4.89. The predicted molar refractivity (Wildman–Crippen MR) is 55.2 cm³/mol. The first kappa shape index (κ1) is 11.9. The molecule has 0 aliphatic heterocycles. The van der Waals surface area contributed by atoms with Crippen molar-refractivity contribution < 1.29 is 0 Å². The van der Waals surface area contributed by atoms with E-state index in [1.54, 1.807) is 0 Å². The van der Waals surface area contributed by atoms with E-state index in [-0.39, 0.29) is 0 Å². The number of rotatable bonds is 6. The van der Waals surface area contributed by atoms with Crippen LogP contribution in [0.2, 0.25) is 0 Å². The predicted octanol–water partition coefficient (Wildman–Crippen LogP) is 1.61. The van der Waals surface area contributed by atoms with Crippen LogP contribution in [0.4, 0.5) is 0 Å². The molecule has 1 atom stereocenters. The van der Waals surface area contributed by atoms with E-state index < -0.39 is 0 Å². The highest BCUT2D eigenvalue weighted by molar-refractivity contribution is 4.76. The van der Waals surface area contributed by atoms with Crippen LogP contribution in [0.1, 0.15) is 33.6 Å². The van der Waals surface area contributed by atoms with E-state index in [0.29, 0.717) is 5.41 Å². The first-order chi connectivity index (χ1) is 5.54. The number of hydrogen-bond acceptors (Lipinski definition) is 2. The molecule has 0 aliphatic carbocycles. The molecule has 0 rings (SSSR count). The van der Waals surface area contributed by atoms with Crippen LogP contribution in [0.3, 0.4) is 0 Å². The minimum atomic E-state index is 0.419. The van der Waals surface area contributed by atoms with Crippen molar-refractivity contribution in [1.29, 1.82) is 0 Å². The molecular formula is C10H24N2. The van der Waals surface area contributed by atoms with Crippen LogP contribution in [-0.4, -0.2) is 20.1 Å². The molecule has 0 fully saturated rings. The molecule has 3 N–H and O–H groups in total. The zero-order chi connectivity index (χ0) is 9.61. The van der Waals surface area contributed by atoms with E-state index in [2.05, 4.69) is 26.1 Å². The Bertz CT molecular complexity index is 110. The zero-order valence-corrected chi connectivity index (χ0v) is 8.98. The third kappa shape index (κ3) is 4.07. The van der Waals surface area contributed by atoms with E-state index >= 15 is 0 Å². The first-order valence-electron chi connectivity index (χ1n) is 4.89. The third-order valence-electron chi connectivity index (χ3n) is 2.95. The topological polar surface area (TPSA) is 38.0 Å². The van der Waals surface area contributed by atoms with E-state index in [1.165, 1.54) is 6.42 Å². The minimum Gasteiger partial charge on any atom is -0.330 e. The lowest BCUT2D eigenvalue weighted by atomic mass is 9.75. The molecule has 0 saturated carbocycles. The summed E-state index contributed by atoms with van der Waals surface area (Å²) in [6.45, 7) is 8.85. The van der Waals surface area contributed by atoms with Crippen molar-refractivity contribution >= 4 is 0 Å². The summed E-state index contributed by atoms with van der Waals surface area (Å²) < 4.78 is 0. The largest absolute Gasteiger partial charge is 0.330 e. The fourth-order valence-electron chi connectivity index (χ4n) is 1.33. The van der Waals surface area contributed by atoms with Crippen molar-refractivity contribution in [2.24, 2.45) is 17.1 Å². The average Bonchev–Trinajstić information content (AvgIpc) is 2.01. The summed E-state index contributed by atoms with van der Waals surface area (Å²) >= 11 is 0. The van der Waals surface area contributed by atoms with E-state index in [0.717, 1.165) is 25.4 Å². The number of hydrogen-bond donors (Lipinski definition) is 2. The highest BCUT2D eigenvalue weighted by Gasteiger charge is 2.24. The molecular weight excluding hydrogens is 148 g/mol. The van der Waals surface area contributed by atoms with Crippen molar-refractivity contribution in [3.63, 3.8) is 0 Å². The number of nitrogens with two attached hydrogens (primary N) is 1. The van der Waals surface area contributed by atoms with Crippen LogP contribution >= 0.6 is 0 Å². The zero-order valence-electron chi connectivity index (χ0n) is 8.98. The van der Waals surface area contributed by atoms with Crippen molar-refractivity contribution in [3.05, 3.63) is 0 Å². The Morgan fingerprint density at radius 3 is 2.42 bits per heavy atom. The summed E-state index contributed by atoms with van der Waals surface area (Å²) in [6.07, 6.45) is 2.36. The van der Waals surface area contributed by atoms with Crippen molar-refractivity contribution in [1.82, 2.24) is 5.32 Å². The van der Waals surface area contributed by atoms with Gasteiger partial charge in [-0.3, -0.25) is 0 Å². The highest BCUT2D eigenvalue weighted by Crippen LogP contribution is 2.31. The monoisotopic (exact) mass is 172 g/mol. The molecule has 12 heavy (non-hydrogen) atoms. The molecule has 0 spiro atoms. The lowest BCUT2D eigenvalue weighted by molar-refractivity contribution is 0.202. The van der Waals surface area contributed by atoms with Crippen LogP contribution in [0.15, 0.2) is 0 Å². The second kappa shape index (κ2) is 5.55. The summed E-state index contributed by atoms with van der Waals surface area (Å²) in [7, 11) is 2.00. The third-order valence-corrected chi connectivity index (χ3v) is 2.95. The molecule has 0 amide bonds. The van der Waals surface area contributed by atoms with Crippen molar-refractivity contribution in [2.45, 2.75) is 33.6 Å². The summed E-state index contributed by atoms with van der Waals surface area (Å²) in [4.78, 5) is 0. The lowest BCUT2D eigenvalue weighted by Crippen LogP contribution is -2.27. The second-order valence-electron chi connectivity index (χ2n) is 4.32. The van der Waals surface area contributed by atoms with Crippen LogP contribution in [0, 0.1) is 11.3 Å². The van der Waals surface area contributed by atoms with Gasteiger partial charge >= 0.3 is 0 Å². The standard InChI is InChI=1S/C10H24N2/c1-9(5-7-11)10(2,3)6-8-12-4/h9,12H,5-8,11H2,1-4H3. The lowest BCUT2D eigenvalue weighted by Gasteiger charge is -2.31. The molecule has 2 heteroatoms. The SMILES string of the molecule is CNCCC(C)(C)C(C)CCN. The van der Waals surface area contributed by atoms with E-state index in [9.17, 15) is 0 Å². The molecule has 2 nitrogen and oxygen atoms in total. The highest BCUT2D eigenvalue weighted by atomic mass is 14.8. The van der Waals surface area contributed by atoms with E-state index in [4.69, 9.17) is 5.73 Å². The second-order valence-corrected chi connectivity index (χ2v) is 4.32. The Labute approximate surface area is 76.9 Å². The Morgan fingerprint density at radius 2 is 2.00 bits per heavy atom. The van der Waals surface area contributed by atoms with Gasteiger partial charge in [-0.25, -0.2) is 0 Å².